The van der Waals surface area contributed by atoms with E-state index in [1.54, 1.807) is 29.2 Å². The zero-order valence-electron chi connectivity index (χ0n) is 13.8. The summed E-state index contributed by atoms with van der Waals surface area (Å²) in [5.74, 6) is -0.530. The van der Waals surface area contributed by atoms with Crippen molar-refractivity contribution >= 4 is 11.7 Å². The molecule has 5 nitrogen and oxygen atoms in total. The van der Waals surface area contributed by atoms with Crippen molar-refractivity contribution in [2.24, 2.45) is 0 Å². The smallest absolute Gasteiger partial charge is 0.320 e. The molecule has 0 aliphatic carbocycles. The second kappa shape index (κ2) is 8.47. The number of nitrogens with zero attached hydrogens (tertiary/aromatic N) is 3. The molecule has 0 atom stereocenters. The van der Waals surface area contributed by atoms with E-state index in [-0.39, 0.29) is 17.3 Å². The Morgan fingerprint density at radius 3 is 2.48 bits per heavy atom. The maximum atomic E-state index is 13.2. The van der Waals surface area contributed by atoms with Gasteiger partial charge in [0.2, 0.25) is 0 Å². The van der Waals surface area contributed by atoms with E-state index in [2.05, 4.69) is 11.4 Å². The molecule has 6 heteroatoms. The van der Waals surface area contributed by atoms with Crippen LogP contribution in [0, 0.1) is 28.5 Å². The SMILES string of the molecule is CCCN(Cc1ccc(C#N)cc1)C(=O)Nc1ccc(F)cc1C#N. The Kier molecular flexibility index (Phi) is 6.08. The molecule has 2 amide bonds. The lowest BCUT2D eigenvalue weighted by Crippen LogP contribution is -2.35. The number of carbonyl (C=O) groups excluding carboxylic acids is 1. The van der Waals surface area contributed by atoms with Gasteiger partial charge in [-0.2, -0.15) is 10.5 Å². The first-order valence-corrected chi connectivity index (χ1v) is 7.82. The molecule has 25 heavy (non-hydrogen) atoms. The Bertz CT molecular complexity index is 834. The molecule has 0 aliphatic rings. The number of hydrogen-bond acceptors (Lipinski definition) is 3. The van der Waals surface area contributed by atoms with Crippen LogP contribution in [0.3, 0.4) is 0 Å². The van der Waals surface area contributed by atoms with Gasteiger partial charge in [-0.1, -0.05) is 19.1 Å². The minimum absolute atomic E-state index is 0.0724. The number of halogens is 1. The van der Waals surface area contributed by atoms with E-state index in [9.17, 15) is 9.18 Å². The molecule has 0 aliphatic heterocycles. The van der Waals surface area contributed by atoms with Gasteiger partial charge in [-0.25, -0.2) is 9.18 Å². The van der Waals surface area contributed by atoms with E-state index >= 15 is 0 Å². The van der Waals surface area contributed by atoms with Crippen LogP contribution in [0.2, 0.25) is 0 Å². The van der Waals surface area contributed by atoms with E-state index in [1.165, 1.54) is 12.1 Å². The molecule has 0 radical (unpaired) electrons. The summed E-state index contributed by atoms with van der Waals surface area (Å²) in [6.07, 6.45) is 0.762. The third-order valence-electron chi connectivity index (χ3n) is 3.58. The predicted molar refractivity (Wildman–Crippen MR) is 92.0 cm³/mol. The van der Waals surface area contributed by atoms with Crippen molar-refractivity contribution in [1.29, 1.82) is 10.5 Å². The fraction of sp³-hybridized carbons (Fsp3) is 0.211. The van der Waals surface area contributed by atoms with Crippen LogP contribution in [-0.2, 0) is 6.54 Å². The van der Waals surface area contributed by atoms with Gasteiger partial charge in [0, 0.05) is 13.1 Å². The number of benzene rings is 2. The number of nitrogens with one attached hydrogen (secondary N) is 1. The Labute approximate surface area is 145 Å². The van der Waals surface area contributed by atoms with Crippen LogP contribution in [0.25, 0.3) is 0 Å². The molecule has 0 bridgehead atoms. The lowest BCUT2D eigenvalue weighted by molar-refractivity contribution is 0.209. The largest absolute Gasteiger partial charge is 0.322 e. The molecule has 0 fully saturated rings. The standard InChI is InChI=1S/C19H17FN4O/c1-2-9-24(13-15-5-3-14(11-21)4-6-15)19(25)23-18-8-7-17(20)10-16(18)12-22/h3-8,10H,2,9,13H2,1H3,(H,23,25). The summed E-state index contributed by atoms with van der Waals surface area (Å²) in [7, 11) is 0. The van der Waals surface area contributed by atoms with E-state index in [0.717, 1.165) is 18.1 Å². The molecule has 0 saturated carbocycles. The number of anilines is 1. The quantitative estimate of drug-likeness (QED) is 0.895. The molecule has 126 valence electrons. The number of rotatable bonds is 5. The molecular weight excluding hydrogens is 319 g/mol. The molecule has 0 unspecified atom stereocenters. The summed E-state index contributed by atoms with van der Waals surface area (Å²) in [6.45, 7) is 2.85. The minimum atomic E-state index is -0.530. The van der Waals surface area contributed by atoms with Crippen molar-refractivity contribution in [3.63, 3.8) is 0 Å². The summed E-state index contributed by atoms with van der Waals surface area (Å²) in [4.78, 5) is 14.1. The maximum absolute atomic E-state index is 13.2. The molecule has 2 aromatic carbocycles. The number of carbonyl (C=O) groups is 1. The first-order chi connectivity index (χ1) is 12.1. The van der Waals surface area contributed by atoms with Crippen molar-refractivity contribution in [2.75, 3.05) is 11.9 Å². The predicted octanol–water partition coefficient (Wildman–Crippen LogP) is 4.01. The highest BCUT2D eigenvalue weighted by Gasteiger charge is 2.15. The van der Waals surface area contributed by atoms with Crippen LogP contribution < -0.4 is 5.32 Å². The van der Waals surface area contributed by atoms with E-state index < -0.39 is 5.82 Å². The van der Waals surface area contributed by atoms with Crippen LogP contribution in [-0.4, -0.2) is 17.5 Å². The Morgan fingerprint density at radius 2 is 1.88 bits per heavy atom. The van der Waals surface area contributed by atoms with Gasteiger partial charge in [0.25, 0.3) is 0 Å². The second-order valence-corrected chi connectivity index (χ2v) is 5.46. The van der Waals surface area contributed by atoms with Crippen LogP contribution in [0.5, 0.6) is 0 Å². The maximum Gasteiger partial charge on any atom is 0.322 e. The van der Waals surface area contributed by atoms with Crippen LogP contribution in [0.4, 0.5) is 14.9 Å². The van der Waals surface area contributed by atoms with Crippen molar-refractivity contribution in [3.05, 3.63) is 65.0 Å². The molecule has 0 spiro atoms. The van der Waals surface area contributed by atoms with Crippen molar-refractivity contribution in [2.45, 2.75) is 19.9 Å². The third-order valence-corrected chi connectivity index (χ3v) is 3.58. The fourth-order valence-corrected chi connectivity index (χ4v) is 2.34. The first kappa shape index (κ1) is 18.0. The van der Waals surface area contributed by atoms with Gasteiger partial charge in [-0.3, -0.25) is 0 Å². The van der Waals surface area contributed by atoms with Gasteiger partial charge >= 0.3 is 6.03 Å². The molecular formula is C19H17FN4O. The van der Waals surface area contributed by atoms with Gasteiger partial charge in [-0.05, 0) is 42.3 Å². The monoisotopic (exact) mass is 336 g/mol. The van der Waals surface area contributed by atoms with Crippen molar-refractivity contribution in [3.8, 4) is 12.1 Å². The van der Waals surface area contributed by atoms with Crippen LogP contribution >= 0.6 is 0 Å². The molecule has 1 N–H and O–H groups in total. The summed E-state index contributed by atoms with van der Waals surface area (Å²) < 4.78 is 13.2. The highest BCUT2D eigenvalue weighted by molar-refractivity contribution is 5.90. The first-order valence-electron chi connectivity index (χ1n) is 7.82. The molecule has 2 aromatic rings. The number of nitriles is 2. The van der Waals surface area contributed by atoms with Gasteiger partial charge in [0.05, 0.1) is 22.9 Å². The Balaban J connectivity index is 2.15. The average molecular weight is 336 g/mol. The molecule has 0 aromatic heterocycles. The van der Waals surface area contributed by atoms with Crippen molar-refractivity contribution < 1.29 is 9.18 Å². The van der Waals surface area contributed by atoms with Gasteiger partial charge in [0.1, 0.15) is 11.9 Å². The average Bonchev–Trinajstić information content (AvgIpc) is 2.63. The highest BCUT2D eigenvalue weighted by Crippen LogP contribution is 2.17. The van der Waals surface area contributed by atoms with Crippen molar-refractivity contribution in [1.82, 2.24) is 4.90 Å². The number of amides is 2. The van der Waals surface area contributed by atoms with E-state index in [0.29, 0.717) is 18.7 Å². The topological polar surface area (TPSA) is 79.9 Å². The van der Waals surface area contributed by atoms with Gasteiger partial charge in [0.15, 0.2) is 0 Å². The van der Waals surface area contributed by atoms with Gasteiger partial charge < -0.3 is 10.2 Å². The second-order valence-electron chi connectivity index (χ2n) is 5.46. The normalized spacial score (nSPS) is 9.76. The molecule has 0 heterocycles. The summed E-state index contributed by atoms with van der Waals surface area (Å²) in [5, 5.41) is 20.6. The zero-order valence-corrected chi connectivity index (χ0v) is 13.8. The Morgan fingerprint density at radius 1 is 1.16 bits per heavy atom. The van der Waals surface area contributed by atoms with Crippen LogP contribution in [0.1, 0.15) is 30.0 Å². The third kappa shape index (κ3) is 4.79. The molecule has 0 saturated heterocycles. The number of hydrogen-bond donors (Lipinski definition) is 1. The zero-order chi connectivity index (χ0) is 18.2. The highest BCUT2D eigenvalue weighted by atomic mass is 19.1. The van der Waals surface area contributed by atoms with Gasteiger partial charge in [-0.15, -0.1) is 0 Å². The van der Waals surface area contributed by atoms with E-state index in [1.807, 2.05) is 13.0 Å². The van der Waals surface area contributed by atoms with Crippen LogP contribution in [0.15, 0.2) is 42.5 Å². The van der Waals surface area contributed by atoms with E-state index in [4.69, 9.17) is 10.5 Å². The lowest BCUT2D eigenvalue weighted by atomic mass is 10.1. The lowest BCUT2D eigenvalue weighted by Gasteiger charge is -2.23. The Hall–Kier alpha value is -3.38. The summed E-state index contributed by atoms with van der Waals surface area (Å²) in [5.41, 5.74) is 1.79. The minimum Gasteiger partial charge on any atom is -0.320 e. The number of urea groups is 1. The summed E-state index contributed by atoms with van der Waals surface area (Å²) >= 11 is 0. The summed E-state index contributed by atoms with van der Waals surface area (Å²) in [6, 6.07) is 14.2. The fourth-order valence-electron chi connectivity index (χ4n) is 2.34. The molecule has 2 rings (SSSR count).